The molecule has 0 aliphatic carbocycles. The molecule has 154 valence electrons. The third-order valence-corrected chi connectivity index (χ3v) is 7.05. The smallest absolute Gasteiger partial charge is 0.253 e. The molecule has 0 saturated carbocycles. The van der Waals surface area contributed by atoms with Crippen molar-refractivity contribution in [3.8, 4) is 0 Å². The maximum atomic E-state index is 13.1. The Morgan fingerprint density at radius 2 is 1.86 bits per heavy atom. The second-order valence-electron chi connectivity index (χ2n) is 7.85. The first-order valence-electron chi connectivity index (χ1n) is 10.6. The van der Waals surface area contributed by atoms with E-state index in [1.807, 2.05) is 46.6 Å². The molecule has 2 aromatic rings. The fraction of sp³-hybridized carbons (Fsp3) is 0.478. The van der Waals surface area contributed by atoms with Crippen LogP contribution in [0.2, 0.25) is 0 Å². The molecule has 29 heavy (non-hydrogen) atoms. The van der Waals surface area contributed by atoms with Crippen molar-refractivity contribution in [3.63, 3.8) is 0 Å². The van der Waals surface area contributed by atoms with Crippen LogP contribution in [0.25, 0.3) is 0 Å². The van der Waals surface area contributed by atoms with Gasteiger partial charge in [0.2, 0.25) is 5.91 Å². The van der Waals surface area contributed by atoms with Gasteiger partial charge in [-0.25, -0.2) is 0 Å². The SMILES string of the molecule is CCC1c2ccsc2CCN1C(=O)CN1CCCN(C(=O)c2ccccc2)CC1. The molecule has 0 N–H and O–H groups in total. The van der Waals surface area contributed by atoms with E-state index in [1.165, 1.54) is 10.4 Å². The van der Waals surface area contributed by atoms with Gasteiger partial charge in [0, 0.05) is 43.2 Å². The number of thiophene rings is 1. The molecule has 1 atom stereocenters. The molecular weight excluding hydrogens is 382 g/mol. The van der Waals surface area contributed by atoms with Crippen LogP contribution in [0.1, 0.15) is 46.6 Å². The summed E-state index contributed by atoms with van der Waals surface area (Å²) in [7, 11) is 0. The van der Waals surface area contributed by atoms with Crippen LogP contribution in [0.3, 0.4) is 0 Å². The van der Waals surface area contributed by atoms with Gasteiger partial charge >= 0.3 is 0 Å². The van der Waals surface area contributed by atoms with Gasteiger partial charge in [0.15, 0.2) is 0 Å². The number of carbonyl (C=O) groups excluding carboxylic acids is 2. The summed E-state index contributed by atoms with van der Waals surface area (Å²) in [4.78, 5) is 33.5. The van der Waals surface area contributed by atoms with Crippen molar-refractivity contribution >= 4 is 23.2 Å². The lowest BCUT2D eigenvalue weighted by Gasteiger charge is -2.36. The van der Waals surface area contributed by atoms with Gasteiger partial charge in [-0.05, 0) is 48.4 Å². The summed E-state index contributed by atoms with van der Waals surface area (Å²) >= 11 is 1.81. The number of hydrogen-bond acceptors (Lipinski definition) is 4. The lowest BCUT2D eigenvalue weighted by Crippen LogP contribution is -2.45. The highest BCUT2D eigenvalue weighted by atomic mass is 32.1. The minimum absolute atomic E-state index is 0.0887. The Morgan fingerprint density at radius 3 is 2.66 bits per heavy atom. The van der Waals surface area contributed by atoms with Gasteiger partial charge in [0.1, 0.15) is 0 Å². The van der Waals surface area contributed by atoms with E-state index in [2.05, 4.69) is 28.2 Å². The number of carbonyl (C=O) groups is 2. The molecule has 2 amide bonds. The molecule has 2 aliphatic heterocycles. The van der Waals surface area contributed by atoms with Crippen molar-refractivity contribution < 1.29 is 9.59 Å². The van der Waals surface area contributed by atoms with Crippen LogP contribution in [-0.2, 0) is 11.2 Å². The number of fused-ring (bicyclic) bond motifs is 1. The molecule has 2 aliphatic rings. The Labute approximate surface area is 176 Å². The fourth-order valence-corrected chi connectivity index (χ4v) is 5.44. The molecule has 1 aromatic heterocycles. The molecule has 1 unspecified atom stereocenters. The summed E-state index contributed by atoms with van der Waals surface area (Å²) in [5.41, 5.74) is 2.08. The maximum absolute atomic E-state index is 13.1. The van der Waals surface area contributed by atoms with E-state index in [-0.39, 0.29) is 17.9 Å². The van der Waals surface area contributed by atoms with E-state index in [4.69, 9.17) is 0 Å². The second-order valence-corrected chi connectivity index (χ2v) is 8.85. The Hall–Kier alpha value is -2.18. The van der Waals surface area contributed by atoms with Gasteiger partial charge in [-0.1, -0.05) is 25.1 Å². The predicted octanol–water partition coefficient (Wildman–Crippen LogP) is 3.43. The highest BCUT2D eigenvalue weighted by molar-refractivity contribution is 7.10. The summed E-state index contributed by atoms with van der Waals surface area (Å²) in [6, 6.07) is 11.9. The Bertz CT molecular complexity index is 851. The third-order valence-electron chi connectivity index (χ3n) is 6.06. The first kappa shape index (κ1) is 20.1. The molecule has 6 heteroatoms. The van der Waals surface area contributed by atoms with Crippen molar-refractivity contribution in [2.24, 2.45) is 0 Å². The van der Waals surface area contributed by atoms with Gasteiger partial charge in [0.05, 0.1) is 12.6 Å². The molecule has 0 radical (unpaired) electrons. The number of nitrogens with zero attached hydrogens (tertiary/aromatic N) is 3. The van der Waals surface area contributed by atoms with Gasteiger partial charge in [-0.3, -0.25) is 14.5 Å². The van der Waals surface area contributed by atoms with E-state index in [0.29, 0.717) is 13.1 Å². The highest BCUT2D eigenvalue weighted by Crippen LogP contribution is 2.35. The minimum atomic E-state index is 0.0887. The molecule has 0 bridgehead atoms. The van der Waals surface area contributed by atoms with Crippen LogP contribution < -0.4 is 0 Å². The van der Waals surface area contributed by atoms with E-state index >= 15 is 0 Å². The zero-order chi connectivity index (χ0) is 20.2. The lowest BCUT2D eigenvalue weighted by molar-refractivity contribution is -0.135. The molecule has 1 saturated heterocycles. The van der Waals surface area contributed by atoms with Gasteiger partial charge in [0.25, 0.3) is 5.91 Å². The Kier molecular flexibility index (Phi) is 6.31. The van der Waals surface area contributed by atoms with Crippen molar-refractivity contribution in [1.82, 2.24) is 14.7 Å². The Balaban J connectivity index is 1.35. The first-order chi connectivity index (χ1) is 14.2. The monoisotopic (exact) mass is 411 g/mol. The summed E-state index contributed by atoms with van der Waals surface area (Å²) in [6.45, 7) is 6.46. The minimum Gasteiger partial charge on any atom is -0.337 e. The van der Waals surface area contributed by atoms with Gasteiger partial charge < -0.3 is 9.80 Å². The topological polar surface area (TPSA) is 43.9 Å². The van der Waals surface area contributed by atoms with Crippen LogP contribution in [0.4, 0.5) is 0 Å². The van der Waals surface area contributed by atoms with E-state index in [0.717, 1.165) is 51.0 Å². The standard InChI is InChI=1S/C23H29N3O2S/c1-2-20-19-10-16-29-21(19)9-13-26(20)22(27)17-24-11-6-12-25(15-14-24)23(28)18-7-4-3-5-8-18/h3-5,7-8,10,16,20H,2,6,9,11-15,17H2,1H3. The normalized spacial score (nSPS) is 20.2. The number of benzene rings is 1. The van der Waals surface area contributed by atoms with Gasteiger partial charge in [-0.15, -0.1) is 11.3 Å². The summed E-state index contributed by atoms with van der Waals surface area (Å²) in [5.74, 6) is 0.308. The zero-order valence-corrected chi connectivity index (χ0v) is 17.9. The van der Waals surface area contributed by atoms with Crippen LogP contribution in [0, 0.1) is 0 Å². The average molecular weight is 412 g/mol. The lowest BCUT2D eigenvalue weighted by atomic mass is 9.97. The third kappa shape index (κ3) is 4.38. The Morgan fingerprint density at radius 1 is 1.03 bits per heavy atom. The number of amides is 2. The van der Waals surface area contributed by atoms with Crippen molar-refractivity contribution in [2.75, 3.05) is 39.3 Å². The molecule has 5 nitrogen and oxygen atoms in total. The van der Waals surface area contributed by atoms with Crippen molar-refractivity contribution in [2.45, 2.75) is 32.2 Å². The van der Waals surface area contributed by atoms with E-state index in [1.54, 1.807) is 0 Å². The quantitative estimate of drug-likeness (QED) is 0.774. The van der Waals surface area contributed by atoms with Crippen molar-refractivity contribution in [3.05, 3.63) is 57.8 Å². The average Bonchev–Trinajstić information content (AvgIpc) is 3.12. The predicted molar refractivity (Wildman–Crippen MR) is 116 cm³/mol. The summed E-state index contributed by atoms with van der Waals surface area (Å²) in [6.07, 6.45) is 2.82. The molecule has 0 spiro atoms. The highest BCUT2D eigenvalue weighted by Gasteiger charge is 2.31. The summed E-state index contributed by atoms with van der Waals surface area (Å²) < 4.78 is 0. The van der Waals surface area contributed by atoms with Crippen molar-refractivity contribution in [1.29, 1.82) is 0 Å². The van der Waals surface area contributed by atoms with E-state index in [9.17, 15) is 9.59 Å². The number of hydrogen-bond donors (Lipinski definition) is 0. The van der Waals surface area contributed by atoms with Gasteiger partial charge in [-0.2, -0.15) is 0 Å². The number of rotatable bonds is 4. The van der Waals surface area contributed by atoms with E-state index < -0.39 is 0 Å². The zero-order valence-electron chi connectivity index (χ0n) is 17.0. The van der Waals surface area contributed by atoms with Crippen LogP contribution >= 0.6 is 11.3 Å². The fourth-order valence-electron chi connectivity index (χ4n) is 4.51. The van der Waals surface area contributed by atoms with Crippen LogP contribution in [-0.4, -0.2) is 65.8 Å². The molecular formula is C23H29N3O2S. The molecule has 1 aromatic carbocycles. The molecule has 4 rings (SSSR count). The summed E-state index contributed by atoms with van der Waals surface area (Å²) in [5, 5.41) is 2.15. The van der Waals surface area contributed by atoms with Crippen LogP contribution in [0.5, 0.6) is 0 Å². The molecule has 3 heterocycles. The maximum Gasteiger partial charge on any atom is 0.253 e. The first-order valence-corrected chi connectivity index (χ1v) is 11.5. The second kappa shape index (κ2) is 9.09. The largest absolute Gasteiger partial charge is 0.337 e. The van der Waals surface area contributed by atoms with Crippen LogP contribution in [0.15, 0.2) is 41.8 Å². The molecule has 1 fully saturated rings.